The number of para-hydroxylation sites is 1. The number of anilines is 2. The summed E-state index contributed by atoms with van der Waals surface area (Å²) in [5.41, 5.74) is 1.21. The van der Waals surface area contributed by atoms with Crippen molar-refractivity contribution in [1.82, 2.24) is 15.5 Å². The van der Waals surface area contributed by atoms with Gasteiger partial charge in [0.15, 0.2) is 11.5 Å². The molecule has 2 rings (SSSR count). The number of hydrogen-bond acceptors (Lipinski definition) is 4. The Morgan fingerprint density at radius 2 is 2.00 bits per heavy atom. The summed E-state index contributed by atoms with van der Waals surface area (Å²) < 4.78 is 0.936. The molecular formula is C15H17BrN4O. The number of hydrogen-bond donors (Lipinski definition) is 2. The molecule has 1 unspecified atom stereocenters. The van der Waals surface area contributed by atoms with Gasteiger partial charge in [-0.05, 0) is 53.5 Å². The molecule has 2 aromatic rings. The van der Waals surface area contributed by atoms with Crippen molar-refractivity contribution >= 4 is 33.3 Å². The highest BCUT2D eigenvalue weighted by Gasteiger charge is 2.10. The molecule has 1 aromatic heterocycles. The van der Waals surface area contributed by atoms with Gasteiger partial charge in [-0.15, -0.1) is 10.2 Å². The van der Waals surface area contributed by atoms with E-state index in [0.717, 1.165) is 16.6 Å². The van der Waals surface area contributed by atoms with Crippen LogP contribution in [-0.2, 0) is 0 Å². The largest absolute Gasteiger partial charge is 0.348 e. The van der Waals surface area contributed by atoms with Gasteiger partial charge in [0.1, 0.15) is 0 Å². The highest BCUT2D eigenvalue weighted by atomic mass is 79.9. The maximum Gasteiger partial charge on any atom is 0.272 e. The second-order valence-corrected chi connectivity index (χ2v) is 5.55. The van der Waals surface area contributed by atoms with Crippen LogP contribution in [0.3, 0.4) is 0 Å². The third-order valence-electron chi connectivity index (χ3n) is 3.02. The summed E-state index contributed by atoms with van der Waals surface area (Å²) in [6.45, 7) is 3.97. The Labute approximate surface area is 132 Å². The fourth-order valence-corrected chi connectivity index (χ4v) is 2.00. The number of amides is 1. The summed E-state index contributed by atoms with van der Waals surface area (Å²) in [5.74, 6) is 0.381. The number of nitrogens with one attached hydrogen (secondary N) is 2. The first-order chi connectivity index (χ1) is 10.1. The lowest BCUT2D eigenvalue weighted by Gasteiger charge is -2.11. The van der Waals surface area contributed by atoms with Gasteiger partial charge in [0.05, 0.1) is 5.69 Å². The van der Waals surface area contributed by atoms with Crippen molar-refractivity contribution in [1.29, 1.82) is 0 Å². The number of halogens is 1. The molecule has 1 heterocycles. The minimum Gasteiger partial charge on any atom is -0.348 e. The molecule has 0 radical (unpaired) electrons. The number of carbonyl (C=O) groups excluding carboxylic acids is 1. The summed E-state index contributed by atoms with van der Waals surface area (Å²) in [4.78, 5) is 11.9. The van der Waals surface area contributed by atoms with Crippen molar-refractivity contribution < 1.29 is 4.79 Å². The van der Waals surface area contributed by atoms with Crippen molar-refractivity contribution in [3.8, 4) is 0 Å². The Hall–Kier alpha value is -1.95. The number of nitrogens with zero attached hydrogens (tertiary/aromatic N) is 2. The Bertz CT molecular complexity index is 615. The first kappa shape index (κ1) is 15.4. The van der Waals surface area contributed by atoms with E-state index in [1.807, 2.05) is 38.1 Å². The molecule has 0 aliphatic heterocycles. The zero-order valence-electron chi connectivity index (χ0n) is 11.9. The van der Waals surface area contributed by atoms with Gasteiger partial charge in [0, 0.05) is 10.5 Å². The van der Waals surface area contributed by atoms with Crippen LogP contribution in [0, 0.1) is 0 Å². The Balaban J connectivity index is 2.05. The molecule has 0 spiro atoms. The highest BCUT2D eigenvalue weighted by molar-refractivity contribution is 9.10. The Morgan fingerprint density at radius 1 is 1.24 bits per heavy atom. The van der Waals surface area contributed by atoms with E-state index in [1.165, 1.54) is 0 Å². The lowest BCUT2D eigenvalue weighted by molar-refractivity contribution is 0.0933. The second-order valence-electron chi connectivity index (χ2n) is 4.69. The second kappa shape index (κ2) is 7.17. The zero-order chi connectivity index (χ0) is 15.2. The smallest absolute Gasteiger partial charge is 0.272 e. The molecular weight excluding hydrogens is 332 g/mol. The van der Waals surface area contributed by atoms with Gasteiger partial charge in [0.25, 0.3) is 5.91 Å². The molecule has 21 heavy (non-hydrogen) atoms. The molecule has 1 aromatic carbocycles. The van der Waals surface area contributed by atoms with Crippen molar-refractivity contribution in [2.45, 2.75) is 26.3 Å². The van der Waals surface area contributed by atoms with Gasteiger partial charge in [-0.3, -0.25) is 4.79 Å². The number of carbonyl (C=O) groups is 1. The fourth-order valence-electron chi connectivity index (χ4n) is 1.62. The molecule has 110 valence electrons. The third kappa shape index (κ3) is 4.26. The van der Waals surface area contributed by atoms with Gasteiger partial charge < -0.3 is 10.6 Å². The van der Waals surface area contributed by atoms with Crippen LogP contribution in [0.5, 0.6) is 0 Å². The van der Waals surface area contributed by atoms with Crippen LogP contribution in [0.25, 0.3) is 0 Å². The molecule has 2 N–H and O–H groups in total. The van der Waals surface area contributed by atoms with Crippen LogP contribution in [0.2, 0.25) is 0 Å². The fraction of sp³-hybridized carbons (Fsp3) is 0.267. The average molecular weight is 349 g/mol. The number of aromatic nitrogens is 2. The van der Waals surface area contributed by atoms with E-state index in [2.05, 4.69) is 36.8 Å². The predicted octanol–water partition coefficient (Wildman–Crippen LogP) is 3.51. The minimum absolute atomic E-state index is 0.123. The summed E-state index contributed by atoms with van der Waals surface area (Å²) in [7, 11) is 0. The van der Waals surface area contributed by atoms with Crippen LogP contribution in [-0.4, -0.2) is 22.1 Å². The van der Waals surface area contributed by atoms with E-state index in [-0.39, 0.29) is 11.9 Å². The third-order valence-corrected chi connectivity index (χ3v) is 3.72. The van der Waals surface area contributed by atoms with Crippen LogP contribution < -0.4 is 10.6 Å². The zero-order valence-corrected chi connectivity index (χ0v) is 13.5. The summed E-state index contributed by atoms with van der Waals surface area (Å²) in [6, 6.07) is 11.2. The normalized spacial score (nSPS) is 11.8. The quantitative estimate of drug-likeness (QED) is 0.867. The van der Waals surface area contributed by atoms with Crippen molar-refractivity contribution in [3.05, 3.63) is 46.6 Å². The average Bonchev–Trinajstić information content (AvgIpc) is 2.50. The SMILES string of the molecule is CCC(C)NC(=O)c1ccc(Nc2ccccc2Br)nn1. The summed E-state index contributed by atoms with van der Waals surface area (Å²) in [6.07, 6.45) is 0.876. The molecule has 0 saturated heterocycles. The van der Waals surface area contributed by atoms with E-state index in [9.17, 15) is 4.79 Å². The van der Waals surface area contributed by atoms with Gasteiger partial charge in [-0.2, -0.15) is 0 Å². The van der Waals surface area contributed by atoms with Gasteiger partial charge >= 0.3 is 0 Å². The topological polar surface area (TPSA) is 66.9 Å². The maximum atomic E-state index is 11.9. The van der Waals surface area contributed by atoms with E-state index in [1.54, 1.807) is 12.1 Å². The lowest BCUT2D eigenvalue weighted by atomic mass is 10.2. The summed E-state index contributed by atoms with van der Waals surface area (Å²) >= 11 is 3.45. The Kier molecular flexibility index (Phi) is 5.27. The van der Waals surface area contributed by atoms with E-state index in [4.69, 9.17) is 0 Å². The van der Waals surface area contributed by atoms with E-state index < -0.39 is 0 Å². The van der Waals surface area contributed by atoms with Crippen molar-refractivity contribution in [2.75, 3.05) is 5.32 Å². The first-order valence-electron chi connectivity index (χ1n) is 6.76. The van der Waals surface area contributed by atoms with Crippen molar-refractivity contribution in [2.24, 2.45) is 0 Å². The van der Waals surface area contributed by atoms with Crippen LogP contribution in [0.4, 0.5) is 11.5 Å². The van der Waals surface area contributed by atoms with Gasteiger partial charge in [-0.25, -0.2) is 0 Å². The highest BCUT2D eigenvalue weighted by Crippen LogP contribution is 2.24. The summed E-state index contributed by atoms with van der Waals surface area (Å²) in [5, 5.41) is 14.0. The molecule has 0 aliphatic carbocycles. The molecule has 6 heteroatoms. The maximum absolute atomic E-state index is 11.9. The Morgan fingerprint density at radius 3 is 2.62 bits per heavy atom. The first-order valence-corrected chi connectivity index (χ1v) is 7.55. The molecule has 0 bridgehead atoms. The molecule has 1 amide bonds. The predicted molar refractivity (Wildman–Crippen MR) is 86.7 cm³/mol. The van der Waals surface area contributed by atoms with Gasteiger partial charge in [0.2, 0.25) is 0 Å². The molecule has 0 saturated carbocycles. The lowest BCUT2D eigenvalue weighted by Crippen LogP contribution is -2.32. The van der Waals surface area contributed by atoms with Crippen LogP contribution in [0.15, 0.2) is 40.9 Å². The molecule has 0 fully saturated rings. The minimum atomic E-state index is -0.204. The molecule has 5 nitrogen and oxygen atoms in total. The monoisotopic (exact) mass is 348 g/mol. The molecule has 1 atom stereocenters. The van der Waals surface area contributed by atoms with Gasteiger partial charge in [-0.1, -0.05) is 19.1 Å². The standard InChI is InChI=1S/C15H17BrN4O/c1-3-10(2)17-15(21)13-8-9-14(20-19-13)18-12-7-5-4-6-11(12)16/h4-10H,3H2,1-2H3,(H,17,21)(H,18,20). The van der Waals surface area contributed by atoms with E-state index >= 15 is 0 Å². The van der Waals surface area contributed by atoms with Crippen molar-refractivity contribution in [3.63, 3.8) is 0 Å². The number of rotatable bonds is 5. The molecule has 0 aliphatic rings. The number of benzene rings is 1. The van der Waals surface area contributed by atoms with E-state index in [0.29, 0.717) is 11.5 Å². The van der Waals surface area contributed by atoms with Crippen LogP contribution in [0.1, 0.15) is 30.8 Å². The van der Waals surface area contributed by atoms with Crippen LogP contribution >= 0.6 is 15.9 Å².